The van der Waals surface area contributed by atoms with E-state index >= 15 is 0 Å². The lowest BCUT2D eigenvalue weighted by atomic mass is 10.1. The van der Waals surface area contributed by atoms with E-state index in [1.165, 1.54) is 0 Å². The van der Waals surface area contributed by atoms with Crippen molar-refractivity contribution in [3.63, 3.8) is 0 Å². The fourth-order valence-electron chi connectivity index (χ4n) is 2.11. The normalized spacial score (nSPS) is 10.7. The van der Waals surface area contributed by atoms with E-state index in [0.717, 1.165) is 48.2 Å². The van der Waals surface area contributed by atoms with Gasteiger partial charge in [0.1, 0.15) is 0 Å². The number of aliphatic hydroxyl groups excluding tert-OH is 2. The fraction of sp³-hybridized carbons (Fsp3) is 0.375. The van der Waals surface area contributed by atoms with Crippen molar-refractivity contribution in [2.45, 2.75) is 25.7 Å². The van der Waals surface area contributed by atoms with Gasteiger partial charge in [-0.2, -0.15) is 0 Å². The maximum Gasteiger partial charge on any atom is 0.0888 e. The van der Waals surface area contributed by atoms with Crippen LogP contribution >= 0.6 is 0 Å². The third-order valence-corrected chi connectivity index (χ3v) is 3.16. The molecule has 0 saturated carbocycles. The van der Waals surface area contributed by atoms with Crippen molar-refractivity contribution in [2.24, 2.45) is 0 Å². The number of rotatable bonds is 7. The molecule has 2 N–H and O–H groups in total. The number of aromatic nitrogens is 2. The van der Waals surface area contributed by atoms with Crippen LogP contribution < -0.4 is 0 Å². The average molecular weight is 272 g/mol. The highest BCUT2D eigenvalue weighted by Crippen LogP contribution is 2.18. The van der Waals surface area contributed by atoms with Crippen LogP contribution in [-0.4, -0.2) is 33.4 Å². The van der Waals surface area contributed by atoms with Gasteiger partial charge in [0.05, 0.1) is 11.4 Å². The number of hydrogen-bond donors (Lipinski definition) is 2. The van der Waals surface area contributed by atoms with E-state index in [-0.39, 0.29) is 13.2 Å². The van der Waals surface area contributed by atoms with Gasteiger partial charge in [-0.25, -0.2) is 0 Å². The van der Waals surface area contributed by atoms with Crippen molar-refractivity contribution >= 4 is 0 Å². The molecule has 2 rings (SSSR count). The maximum atomic E-state index is 8.88. The Bertz CT molecular complexity index is 494. The van der Waals surface area contributed by atoms with Crippen LogP contribution in [0.1, 0.15) is 24.0 Å². The first-order chi connectivity index (χ1) is 9.83. The zero-order valence-electron chi connectivity index (χ0n) is 11.5. The smallest absolute Gasteiger partial charge is 0.0888 e. The molecule has 0 aromatic carbocycles. The minimum atomic E-state index is 0.201. The maximum absolute atomic E-state index is 8.88. The number of hydrogen-bond acceptors (Lipinski definition) is 4. The molecule has 20 heavy (non-hydrogen) atoms. The lowest BCUT2D eigenvalue weighted by Crippen LogP contribution is -1.95. The Labute approximate surface area is 119 Å². The predicted molar refractivity (Wildman–Crippen MR) is 78.3 cm³/mol. The lowest BCUT2D eigenvalue weighted by molar-refractivity contribution is 0.288. The standard InChI is InChI=1S/C16H20N2O2/c19-9-1-3-13-5-7-17-15(11-13)16-12-14(4-2-10-20)6-8-18-16/h5-8,11-12,19-20H,1-4,9-10H2. The van der Waals surface area contributed by atoms with Gasteiger partial charge in [0.15, 0.2) is 0 Å². The summed E-state index contributed by atoms with van der Waals surface area (Å²) in [6.07, 6.45) is 6.77. The molecule has 0 spiro atoms. The van der Waals surface area contributed by atoms with Crippen LogP contribution in [0.5, 0.6) is 0 Å². The van der Waals surface area contributed by atoms with Crippen LogP contribution in [0.3, 0.4) is 0 Å². The van der Waals surface area contributed by atoms with Gasteiger partial charge in [-0.05, 0) is 61.1 Å². The van der Waals surface area contributed by atoms with E-state index < -0.39 is 0 Å². The van der Waals surface area contributed by atoms with E-state index in [2.05, 4.69) is 9.97 Å². The van der Waals surface area contributed by atoms with Crippen molar-refractivity contribution in [1.29, 1.82) is 0 Å². The van der Waals surface area contributed by atoms with Gasteiger partial charge < -0.3 is 10.2 Å². The molecule has 0 aliphatic heterocycles. The number of pyridine rings is 2. The first-order valence-corrected chi connectivity index (χ1v) is 6.95. The van der Waals surface area contributed by atoms with Crippen molar-refractivity contribution in [1.82, 2.24) is 9.97 Å². The topological polar surface area (TPSA) is 66.2 Å². The van der Waals surface area contributed by atoms with Crippen molar-refractivity contribution in [3.8, 4) is 11.4 Å². The number of nitrogens with zero attached hydrogens (tertiary/aromatic N) is 2. The van der Waals surface area contributed by atoms with Crippen LogP contribution in [0, 0.1) is 0 Å². The van der Waals surface area contributed by atoms with Crippen molar-refractivity contribution in [2.75, 3.05) is 13.2 Å². The zero-order valence-corrected chi connectivity index (χ0v) is 11.5. The van der Waals surface area contributed by atoms with Crippen LogP contribution in [0.4, 0.5) is 0 Å². The summed E-state index contributed by atoms with van der Waals surface area (Å²) in [4.78, 5) is 8.73. The molecular weight excluding hydrogens is 252 g/mol. The van der Waals surface area contributed by atoms with Crippen LogP contribution in [0.2, 0.25) is 0 Å². The summed E-state index contributed by atoms with van der Waals surface area (Å²) in [7, 11) is 0. The molecule has 0 radical (unpaired) electrons. The Hall–Kier alpha value is -1.78. The summed E-state index contributed by atoms with van der Waals surface area (Å²) in [6.45, 7) is 0.402. The summed E-state index contributed by atoms with van der Waals surface area (Å²) < 4.78 is 0. The third kappa shape index (κ3) is 4.11. The Balaban J connectivity index is 2.17. The van der Waals surface area contributed by atoms with Gasteiger partial charge in [0.2, 0.25) is 0 Å². The molecule has 4 nitrogen and oxygen atoms in total. The molecule has 2 heterocycles. The molecule has 0 fully saturated rings. The SMILES string of the molecule is OCCCc1ccnc(-c2cc(CCCO)ccn2)c1. The van der Waals surface area contributed by atoms with Crippen molar-refractivity contribution in [3.05, 3.63) is 47.8 Å². The van der Waals surface area contributed by atoms with E-state index in [9.17, 15) is 0 Å². The van der Waals surface area contributed by atoms with Gasteiger partial charge in [0.25, 0.3) is 0 Å². The summed E-state index contributed by atoms with van der Waals surface area (Å²) in [5, 5.41) is 17.8. The second-order valence-electron chi connectivity index (χ2n) is 4.75. The summed E-state index contributed by atoms with van der Waals surface area (Å²) in [6, 6.07) is 7.98. The molecule has 0 atom stereocenters. The Kier molecular flexibility index (Phi) is 5.65. The summed E-state index contributed by atoms with van der Waals surface area (Å²) in [5.74, 6) is 0. The second kappa shape index (κ2) is 7.72. The van der Waals surface area contributed by atoms with Crippen LogP contribution in [0.25, 0.3) is 11.4 Å². The Morgan fingerprint density at radius 2 is 1.20 bits per heavy atom. The van der Waals surface area contributed by atoms with Crippen LogP contribution in [0.15, 0.2) is 36.7 Å². The molecule has 4 heteroatoms. The number of aryl methyl sites for hydroxylation is 2. The van der Waals surface area contributed by atoms with E-state index in [1.807, 2.05) is 24.3 Å². The Morgan fingerprint density at radius 1 is 0.750 bits per heavy atom. The highest BCUT2D eigenvalue weighted by atomic mass is 16.3. The van der Waals surface area contributed by atoms with E-state index in [4.69, 9.17) is 10.2 Å². The third-order valence-electron chi connectivity index (χ3n) is 3.16. The van der Waals surface area contributed by atoms with Crippen LogP contribution in [-0.2, 0) is 12.8 Å². The zero-order chi connectivity index (χ0) is 14.2. The van der Waals surface area contributed by atoms with Gasteiger partial charge in [-0.3, -0.25) is 9.97 Å². The number of aliphatic hydroxyl groups is 2. The molecule has 106 valence electrons. The molecule has 2 aromatic rings. The molecular formula is C16H20N2O2. The quantitative estimate of drug-likeness (QED) is 0.809. The van der Waals surface area contributed by atoms with Gasteiger partial charge in [0, 0.05) is 25.6 Å². The first kappa shape index (κ1) is 14.6. The fourth-order valence-corrected chi connectivity index (χ4v) is 2.11. The van der Waals surface area contributed by atoms with Gasteiger partial charge in [-0.1, -0.05) is 0 Å². The molecule has 0 aliphatic rings. The Morgan fingerprint density at radius 3 is 1.60 bits per heavy atom. The highest BCUT2D eigenvalue weighted by Gasteiger charge is 2.04. The predicted octanol–water partition coefficient (Wildman–Crippen LogP) is 1.99. The van der Waals surface area contributed by atoms with E-state index in [0.29, 0.717) is 0 Å². The van der Waals surface area contributed by atoms with E-state index in [1.54, 1.807) is 12.4 Å². The summed E-state index contributed by atoms with van der Waals surface area (Å²) >= 11 is 0. The largest absolute Gasteiger partial charge is 0.396 e. The first-order valence-electron chi connectivity index (χ1n) is 6.95. The molecule has 0 saturated heterocycles. The molecule has 2 aromatic heterocycles. The molecule has 0 unspecified atom stereocenters. The highest BCUT2D eigenvalue weighted by molar-refractivity contribution is 5.55. The van der Waals surface area contributed by atoms with Gasteiger partial charge in [-0.15, -0.1) is 0 Å². The second-order valence-corrected chi connectivity index (χ2v) is 4.75. The monoisotopic (exact) mass is 272 g/mol. The minimum absolute atomic E-state index is 0.201. The minimum Gasteiger partial charge on any atom is -0.396 e. The van der Waals surface area contributed by atoms with Gasteiger partial charge >= 0.3 is 0 Å². The van der Waals surface area contributed by atoms with Crippen molar-refractivity contribution < 1.29 is 10.2 Å². The average Bonchev–Trinajstić information content (AvgIpc) is 2.51. The molecule has 0 aliphatic carbocycles. The molecule has 0 bridgehead atoms. The lowest BCUT2D eigenvalue weighted by Gasteiger charge is -2.06. The summed E-state index contributed by atoms with van der Waals surface area (Å²) in [5.41, 5.74) is 4.02. The molecule has 0 amide bonds.